The zero-order valence-corrected chi connectivity index (χ0v) is 17.0. The molecule has 26 heavy (non-hydrogen) atoms. The van der Waals surface area contributed by atoms with Crippen LogP contribution >= 0.6 is 11.8 Å². The Morgan fingerprint density at radius 3 is 2.54 bits per heavy atom. The van der Waals surface area contributed by atoms with Gasteiger partial charge in [-0.15, -0.1) is 11.8 Å². The fraction of sp³-hybridized carbons (Fsp3) is 0.565. The van der Waals surface area contributed by atoms with Crippen LogP contribution in [-0.4, -0.2) is 17.0 Å². The lowest BCUT2D eigenvalue weighted by atomic mass is 10.1. The van der Waals surface area contributed by atoms with E-state index in [0.717, 1.165) is 29.8 Å². The predicted molar refractivity (Wildman–Crippen MR) is 116 cm³/mol. The number of aryl methyl sites for hydroxylation is 1. The molecule has 0 aliphatic carbocycles. The van der Waals surface area contributed by atoms with E-state index in [1.165, 1.54) is 73.8 Å². The molecule has 140 valence electrons. The largest absolute Gasteiger partial charge is 0.259 e. The highest BCUT2D eigenvalue weighted by Gasteiger charge is 2.19. The van der Waals surface area contributed by atoms with Crippen molar-refractivity contribution < 1.29 is 0 Å². The van der Waals surface area contributed by atoms with Gasteiger partial charge in [0.15, 0.2) is 0 Å². The molecule has 1 aromatic carbocycles. The third kappa shape index (κ3) is 5.33. The van der Waals surface area contributed by atoms with Crippen molar-refractivity contribution in [3.05, 3.63) is 30.0 Å². The molecule has 0 atom stereocenters. The average molecular weight is 369 g/mol. The van der Waals surface area contributed by atoms with Gasteiger partial charge in [0, 0.05) is 23.8 Å². The van der Waals surface area contributed by atoms with Crippen LogP contribution in [0, 0.1) is 0 Å². The quantitative estimate of drug-likeness (QED) is 0.303. The lowest BCUT2D eigenvalue weighted by Crippen LogP contribution is -1.90. The van der Waals surface area contributed by atoms with E-state index in [1.54, 1.807) is 0 Å². The van der Waals surface area contributed by atoms with Gasteiger partial charge in [-0.25, -0.2) is 0 Å². The zero-order chi connectivity index (χ0) is 18.0. The molecule has 1 aromatic heterocycles. The second kappa shape index (κ2) is 10.7. The van der Waals surface area contributed by atoms with Crippen LogP contribution in [-0.2, 0) is 6.42 Å². The Bertz CT molecular complexity index is 723. The molecule has 2 heterocycles. The number of nitrogens with zero attached hydrogens (tertiary/aromatic N) is 2. The molecule has 3 heteroatoms. The number of thioether (sulfide) groups is 1. The second-order valence-corrected chi connectivity index (χ2v) is 8.39. The maximum absolute atomic E-state index is 4.89. The van der Waals surface area contributed by atoms with Gasteiger partial charge >= 0.3 is 0 Å². The standard InChI is InChI=1S/C23H32N2S/c1-2-3-4-5-6-7-8-9-10-13-17-24-22-19-14-11-12-15-20(19)25-21-16-18-26-23(21)22/h11-12,14-15,17H,2-10,13,16,18H2,1H3. The molecule has 0 amide bonds. The van der Waals surface area contributed by atoms with Crippen LogP contribution < -0.4 is 0 Å². The van der Waals surface area contributed by atoms with Crippen LogP contribution in [0.25, 0.3) is 10.9 Å². The second-order valence-electron chi connectivity index (χ2n) is 7.28. The normalized spacial score (nSPS) is 13.7. The summed E-state index contributed by atoms with van der Waals surface area (Å²) in [6, 6.07) is 8.43. The Balaban J connectivity index is 1.46. The first kappa shape index (κ1) is 19.4. The molecule has 0 N–H and O–H groups in total. The summed E-state index contributed by atoms with van der Waals surface area (Å²) < 4.78 is 0. The van der Waals surface area contributed by atoms with Gasteiger partial charge in [-0.1, -0.05) is 76.5 Å². The summed E-state index contributed by atoms with van der Waals surface area (Å²) in [6.07, 6.45) is 16.7. The van der Waals surface area contributed by atoms with E-state index in [9.17, 15) is 0 Å². The Labute approximate surface area is 162 Å². The molecule has 1 aliphatic heterocycles. The maximum atomic E-state index is 4.89. The molecule has 2 aromatic rings. The monoisotopic (exact) mass is 368 g/mol. The predicted octanol–water partition coefficient (Wildman–Crippen LogP) is 7.51. The number of aliphatic imine (C=N–C) groups is 1. The van der Waals surface area contributed by atoms with Crippen molar-refractivity contribution in [2.24, 2.45) is 4.99 Å². The van der Waals surface area contributed by atoms with Crippen molar-refractivity contribution in [1.29, 1.82) is 0 Å². The van der Waals surface area contributed by atoms with Crippen LogP contribution in [0.1, 0.15) is 76.8 Å². The highest BCUT2D eigenvalue weighted by Crippen LogP contribution is 2.42. The smallest absolute Gasteiger partial charge is 0.0873 e. The maximum Gasteiger partial charge on any atom is 0.0873 e. The highest BCUT2D eigenvalue weighted by atomic mass is 32.2. The number of benzene rings is 1. The van der Waals surface area contributed by atoms with E-state index < -0.39 is 0 Å². The number of rotatable bonds is 11. The van der Waals surface area contributed by atoms with Crippen LogP contribution in [0.15, 0.2) is 34.2 Å². The summed E-state index contributed by atoms with van der Waals surface area (Å²) in [5.41, 5.74) is 3.48. The number of unbranched alkanes of at least 4 members (excludes halogenated alkanes) is 9. The number of hydrogen-bond donors (Lipinski definition) is 0. The van der Waals surface area contributed by atoms with Gasteiger partial charge in [0.1, 0.15) is 0 Å². The summed E-state index contributed by atoms with van der Waals surface area (Å²) in [7, 11) is 0. The van der Waals surface area contributed by atoms with Gasteiger partial charge in [0.2, 0.25) is 0 Å². The number of fused-ring (bicyclic) bond motifs is 2. The van der Waals surface area contributed by atoms with Gasteiger partial charge in [0.25, 0.3) is 0 Å². The summed E-state index contributed by atoms with van der Waals surface area (Å²) in [6.45, 7) is 2.28. The third-order valence-electron chi connectivity index (χ3n) is 5.13. The molecule has 0 unspecified atom stereocenters. The van der Waals surface area contributed by atoms with E-state index in [2.05, 4.69) is 37.4 Å². The number of hydrogen-bond acceptors (Lipinski definition) is 3. The van der Waals surface area contributed by atoms with E-state index >= 15 is 0 Å². The summed E-state index contributed by atoms with van der Waals surface area (Å²) >= 11 is 1.92. The zero-order valence-electron chi connectivity index (χ0n) is 16.2. The van der Waals surface area contributed by atoms with Gasteiger partial charge in [-0.05, 0) is 18.9 Å². The number of pyridine rings is 1. The lowest BCUT2D eigenvalue weighted by molar-refractivity contribution is 0.569. The fourth-order valence-corrected chi connectivity index (χ4v) is 4.74. The summed E-state index contributed by atoms with van der Waals surface area (Å²) in [5.74, 6) is 1.14. The summed E-state index contributed by atoms with van der Waals surface area (Å²) in [5, 5.41) is 1.20. The Hall–Kier alpha value is -1.35. The molecule has 0 radical (unpaired) electrons. The Morgan fingerprint density at radius 1 is 1.00 bits per heavy atom. The van der Waals surface area contributed by atoms with Gasteiger partial charge in [-0.2, -0.15) is 0 Å². The molecule has 0 saturated heterocycles. The van der Waals surface area contributed by atoms with Crippen LogP contribution in [0.5, 0.6) is 0 Å². The molecule has 0 fully saturated rings. The van der Waals surface area contributed by atoms with Crippen molar-refractivity contribution in [2.45, 2.75) is 82.4 Å². The number of para-hydroxylation sites is 1. The molecule has 2 nitrogen and oxygen atoms in total. The topological polar surface area (TPSA) is 25.2 Å². The highest BCUT2D eigenvalue weighted by molar-refractivity contribution is 7.99. The molecule has 3 rings (SSSR count). The first-order valence-corrected chi connectivity index (χ1v) is 11.5. The molecule has 0 saturated carbocycles. The van der Waals surface area contributed by atoms with Gasteiger partial charge in [0.05, 0.1) is 21.8 Å². The van der Waals surface area contributed by atoms with E-state index in [1.807, 2.05) is 11.8 Å². The van der Waals surface area contributed by atoms with Gasteiger partial charge in [-0.3, -0.25) is 9.98 Å². The minimum atomic E-state index is 1.08. The molecule has 0 bridgehead atoms. The van der Waals surface area contributed by atoms with Crippen molar-refractivity contribution >= 4 is 34.6 Å². The van der Waals surface area contributed by atoms with E-state index in [0.29, 0.717) is 0 Å². The first-order valence-electron chi connectivity index (χ1n) is 10.5. The van der Waals surface area contributed by atoms with Crippen molar-refractivity contribution in [1.82, 2.24) is 4.98 Å². The molecule has 1 aliphatic rings. The SMILES string of the molecule is CCCCCCCCCCCC=Nc1c2c(nc3ccccc13)CCS2. The van der Waals surface area contributed by atoms with Crippen molar-refractivity contribution in [2.75, 3.05) is 5.75 Å². The average Bonchev–Trinajstić information content (AvgIpc) is 3.13. The minimum Gasteiger partial charge on any atom is -0.259 e. The lowest BCUT2D eigenvalue weighted by Gasteiger charge is -2.07. The van der Waals surface area contributed by atoms with Crippen LogP contribution in [0.3, 0.4) is 0 Å². The van der Waals surface area contributed by atoms with Crippen LogP contribution in [0.4, 0.5) is 5.69 Å². The van der Waals surface area contributed by atoms with E-state index in [-0.39, 0.29) is 0 Å². The first-order chi connectivity index (χ1) is 12.9. The van der Waals surface area contributed by atoms with Gasteiger partial charge < -0.3 is 0 Å². The molecule has 0 spiro atoms. The third-order valence-corrected chi connectivity index (χ3v) is 6.26. The Kier molecular flexibility index (Phi) is 8.00. The van der Waals surface area contributed by atoms with Crippen molar-refractivity contribution in [3.8, 4) is 0 Å². The summed E-state index contributed by atoms with van der Waals surface area (Å²) in [4.78, 5) is 11.0. The number of aromatic nitrogens is 1. The minimum absolute atomic E-state index is 1.08. The molecular weight excluding hydrogens is 336 g/mol. The van der Waals surface area contributed by atoms with E-state index in [4.69, 9.17) is 9.98 Å². The van der Waals surface area contributed by atoms with Crippen LogP contribution in [0.2, 0.25) is 0 Å². The molecular formula is C23H32N2S. The fourth-order valence-electron chi connectivity index (χ4n) is 3.63. The Morgan fingerprint density at radius 2 is 1.73 bits per heavy atom. The van der Waals surface area contributed by atoms with Crippen molar-refractivity contribution in [3.63, 3.8) is 0 Å².